The SMILES string of the molecule is COc1cccc([C@@H]2NC(=O)N(Cc3ccccc3)[C@](O)(C(F)(F)F)[C@H]2C(=O)c2cccs2)c1OC. The molecule has 190 valence electrons. The molecule has 3 aromatic rings. The molecule has 11 heteroatoms. The molecule has 1 saturated heterocycles. The van der Waals surface area contributed by atoms with Crippen molar-refractivity contribution in [1.82, 2.24) is 10.2 Å². The Labute approximate surface area is 209 Å². The van der Waals surface area contributed by atoms with Gasteiger partial charge in [-0.3, -0.25) is 9.69 Å². The number of halogens is 3. The minimum absolute atomic E-state index is 0.00495. The lowest BCUT2D eigenvalue weighted by Crippen LogP contribution is -2.73. The van der Waals surface area contributed by atoms with Crippen LogP contribution in [-0.4, -0.2) is 47.9 Å². The van der Waals surface area contributed by atoms with Crippen LogP contribution in [0.5, 0.6) is 11.5 Å². The summed E-state index contributed by atoms with van der Waals surface area (Å²) in [4.78, 5) is 27.2. The van der Waals surface area contributed by atoms with Gasteiger partial charge in [-0.2, -0.15) is 13.2 Å². The fraction of sp³-hybridized carbons (Fsp3) is 0.280. The van der Waals surface area contributed by atoms with E-state index in [-0.39, 0.29) is 26.8 Å². The third-order valence-corrected chi connectivity index (χ3v) is 7.00. The predicted octanol–water partition coefficient (Wildman–Crippen LogP) is 4.78. The Morgan fingerprint density at radius 3 is 2.39 bits per heavy atom. The number of rotatable bonds is 7. The van der Waals surface area contributed by atoms with Crippen LogP contribution in [0.25, 0.3) is 0 Å². The van der Waals surface area contributed by atoms with Gasteiger partial charge in [0.1, 0.15) is 5.92 Å². The molecule has 2 heterocycles. The number of methoxy groups -OCH3 is 2. The molecule has 0 unspecified atom stereocenters. The standard InChI is InChI=1S/C25H23F3N2O5S/c1-34-17-11-6-10-16(22(17)35-2)20-19(21(31)18-12-7-13-36-18)24(33,25(26,27)28)30(23(32)29-20)14-15-8-4-3-5-9-15/h3-13,19-20,33H,14H2,1-2H3,(H,29,32)/t19-,20+,24-/m1/s1. The van der Waals surface area contributed by atoms with Gasteiger partial charge >= 0.3 is 12.2 Å². The van der Waals surface area contributed by atoms with Crippen LogP contribution in [0.15, 0.2) is 66.0 Å². The van der Waals surface area contributed by atoms with Crippen molar-refractivity contribution in [3.8, 4) is 11.5 Å². The summed E-state index contributed by atoms with van der Waals surface area (Å²) in [5, 5.41) is 15.6. The van der Waals surface area contributed by atoms with Crippen molar-refractivity contribution in [3.63, 3.8) is 0 Å². The van der Waals surface area contributed by atoms with Gasteiger partial charge in [0, 0.05) is 5.56 Å². The summed E-state index contributed by atoms with van der Waals surface area (Å²) in [5.74, 6) is -2.92. The quantitative estimate of drug-likeness (QED) is 0.438. The third-order valence-electron chi connectivity index (χ3n) is 6.12. The summed E-state index contributed by atoms with van der Waals surface area (Å²) < 4.78 is 55.2. The van der Waals surface area contributed by atoms with Gasteiger partial charge in [-0.25, -0.2) is 4.79 Å². The van der Waals surface area contributed by atoms with Crippen LogP contribution in [-0.2, 0) is 6.54 Å². The maximum absolute atomic E-state index is 14.8. The second-order valence-electron chi connectivity index (χ2n) is 8.12. The Hall–Kier alpha value is -3.57. The number of thiophene rings is 1. The molecule has 2 N–H and O–H groups in total. The number of ether oxygens (including phenoxy) is 2. The molecule has 1 aliphatic rings. The van der Waals surface area contributed by atoms with Gasteiger partial charge in [-0.1, -0.05) is 48.5 Å². The van der Waals surface area contributed by atoms with E-state index < -0.39 is 42.2 Å². The first-order valence-electron chi connectivity index (χ1n) is 10.8. The summed E-state index contributed by atoms with van der Waals surface area (Å²) in [6, 6.07) is 12.5. The molecule has 1 fully saturated rings. The monoisotopic (exact) mass is 520 g/mol. The van der Waals surface area contributed by atoms with Gasteiger partial charge in [0.2, 0.25) is 0 Å². The molecule has 36 heavy (non-hydrogen) atoms. The number of urea groups is 1. The number of hydrogen-bond acceptors (Lipinski definition) is 6. The van der Waals surface area contributed by atoms with Crippen LogP contribution in [0.4, 0.5) is 18.0 Å². The number of para-hydroxylation sites is 1. The normalized spacial score (nSPS) is 22.2. The van der Waals surface area contributed by atoms with Gasteiger partial charge in [0.15, 0.2) is 17.3 Å². The lowest BCUT2D eigenvalue weighted by molar-refractivity contribution is -0.328. The number of alkyl halides is 3. The number of ketones is 1. The third kappa shape index (κ3) is 4.28. The molecule has 7 nitrogen and oxygen atoms in total. The molecule has 4 rings (SSSR count). The van der Waals surface area contributed by atoms with Gasteiger partial charge in [-0.15, -0.1) is 11.3 Å². The first kappa shape index (κ1) is 25.5. The van der Waals surface area contributed by atoms with Crippen molar-refractivity contribution in [3.05, 3.63) is 82.0 Å². The fourth-order valence-corrected chi connectivity index (χ4v) is 5.16. The Balaban J connectivity index is 1.94. The maximum Gasteiger partial charge on any atom is 0.437 e. The molecule has 1 aliphatic heterocycles. The molecule has 1 aromatic heterocycles. The van der Waals surface area contributed by atoms with Crippen LogP contribution in [0.2, 0.25) is 0 Å². The fourth-order valence-electron chi connectivity index (χ4n) is 4.46. The number of carbonyl (C=O) groups is 2. The van der Waals surface area contributed by atoms with Crippen LogP contribution in [0.1, 0.15) is 26.8 Å². The highest BCUT2D eigenvalue weighted by Crippen LogP contribution is 2.51. The summed E-state index contributed by atoms with van der Waals surface area (Å²) in [7, 11) is 2.64. The molecule has 0 spiro atoms. The Morgan fingerprint density at radius 1 is 1.08 bits per heavy atom. The van der Waals surface area contributed by atoms with Crippen molar-refractivity contribution >= 4 is 23.2 Å². The average molecular weight is 521 g/mol. The van der Waals surface area contributed by atoms with Crippen molar-refractivity contribution in [2.45, 2.75) is 24.5 Å². The molecule has 0 saturated carbocycles. The molecule has 0 bridgehead atoms. The van der Waals surface area contributed by atoms with Gasteiger partial charge in [0.05, 0.1) is 31.7 Å². The lowest BCUT2D eigenvalue weighted by Gasteiger charge is -2.51. The van der Waals surface area contributed by atoms with Gasteiger partial charge in [-0.05, 0) is 23.1 Å². The summed E-state index contributed by atoms with van der Waals surface area (Å²) in [6.07, 6.45) is -5.39. The van der Waals surface area contributed by atoms with E-state index in [0.717, 1.165) is 11.3 Å². The van der Waals surface area contributed by atoms with Crippen molar-refractivity contribution in [1.29, 1.82) is 0 Å². The number of nitrogens with zero attached hydrogens (tertiary/aromatic N) is 1. The highest BCUT2D eigenvalue weighted by Gasteiger charge is 2.70. The number of amides is 2. The number of benzene rings is 2. The first-order chi connectivity index (χ1) is 17.1. The number of aliphatic hydroxyl groups is 1. The average Bonchev–Trinajstić information content (AvgIpc) is 3.40. The van der Waals surface area contributed by atoms with E-state index in [0.29, 0.717) is 5.56 Å². The minimum Gasteiger partial charge on any atom is -0.493 e. The van der Waals surface area contributed by atoms with E-state index in [2.05, 4.69) is 5.32 Å². The van der Waals surface area contributed by atoms with Crippen LogP contribution >= 0.6 is 11.3 Å². The van der Waals surface area contributed by atoms with Crippen LogP contribution < -0.4 is 14.8 Å². The highest BCUT2D eigenvalue weighted by atomic mass is 32.1. The molecule has 2 aromatic carbocycles. The first-order valence-corrected chi connectivity index (χ1v) is 11.7. The van der Waals surface area contributed by atoms with E-state index in [1.165, 1.54) is 56.7 Å². The van der Waals surface area contributed by atoms with E-state index in [4.69, 9.17) is 9.47 Å². The summed E-state index contributed by atoms with van der Waals surface area (Å²) in [6.45, 7) is -0.584. The predicted molar refractivity (Wildman–Crippen MR) is 126 cm³/mol. The van der Waals surface area contributed by atoms with Crippen LogP contribution in [0.3, 0.4) is 0 Å². The number of nitrogens with one attached hydrogen (secondary N) is 1. The molecule has 0 radical (unpaired) electrons. The van der Waals surface area contributed by atoms with Crippen molar-refractivity contribution in [2.75, 3.05) is 14.2 Å². The number of carbonyl (C=O) groups excluding carboxylic acids is 2. The zero-order valence-electron chi connectivity index (χ0n) is 19.3. The topological polar surface area (TPSA) is 88.1 Å². The van der Waals surface area contributed by atoms with E-state index in [1.54, 1.807) is 23.6 Å². The number of hydrogen-bond donors (Lipinski definition) is 2. The smallest absolute Gasteiger partial charge is 0.437 e. The Morgan fingerprint density at radius 2 is 1.81 bits per heavy atom. The van der Waals surface area contributed by atoms with Gasteiger partial charge in [0.25, 0.3) is 5.72 Å². The van der Waals surface area contributed by atoms with E-state index in [1.807, 2.05) is 0 Å². The van der Waals surface area contributed by atoms with Crippen molar-refractivity contribution in [2.24, 2.45) is 5.92 Å². The number of Topliss-reactive ketones (excluding diaryl/α,β-unsaturated/α-hetero) is 1. The van der Waals surface area contributed by atoms with Gasteiger partial charge < -0.3 is 19.9 Å². The zero-order valence-corrected chi connectivity index (χ0v) is 20.1. The molecule has 3 atom stereocenters. The zero-order chi connectivity index (χ0) is 26.1. The summed E-state index contributed by atoms with van der Waals surface area (Å²) in [5.41, 5.74) is -3.44. The largest absolute Gasteiger partial charge is 0.493 e. The minimum atomic E-state index is -5.39. The molecule has 2 amide bonds. The highest BCUT2D eigenvalue weighted by molar-refractivity contribution is 7.12. The molecule has 0 aliphatic carbocycles. The maximum atomic E-state index is 14.8. The molecular weight excluding hydrogens is 497 g/mol. The Kier molecular flexibility index (Phi) is 6.96. The summed E-state index contributed by atoms with van der Waals surface area (Å²) >= 11 is 0.942. The molecular formula is C25H23F3N2O5S. The lowest BCUT2D eigenvalue weighted by atomic mass is 9.77. The second kappa shape index (κ2) is 9.82. The second-order valence-corrected chi connectivity index (χ2v) is 9.07. The van der Waals surface area contributed by atoms with E-state index >= 15 is 0 Å². The Bertz CT molecular complexity index is 1240. The van der Waals surface area contributed by atoms with Crippen LogP contribution in [0, 0.1) is 5.92 Å². The van der Waals surface area contributed by atoms with Crippen molar-refractivity contribution < 1.29 is 37.3 Å². The van der Waals surface area contributed by atoms with E-state index in [9.17, 15) is 27.9 Å².